The standard InChI is InChI=1S/C26H27N5O2S/c1-19-7-9-21(10-8-19)27-25(33)24(20-5-3-2-4-6-20)30-13-11-29(12-14-30)18-22-17-23(32)31-15-16-34-26(31)28-22/h2-10,15-17,24H,11-14,18H2,1H3,(H,27,33)/t24-/m1/s1. The second-order valence-electron chi connectivity index (χ2n) is 8.62. The van der Waals surface area contributed by atoms with E-state index in [2.05, 4.69) is 20.1 Å². The third-order valence-electron chi connectivity index (χ3n) is 6.20. The fourth-order valence-corrected chi connectivity index (χ4v) is 5.13. The van der Waals surface area contributed by atoms with Crippen molar-refractivity contribution in [3.05, 3.63) is 99.4 Å². The van der Waals surface area contributed by atoms with Crippen LogP contribution in [0.25, 0.3) is 4.96 Å². The van der Waals surface area contributed by atoms with Crippen LogP contribution in [0.2, 0.25) is 0 Å². The van der Waals surface area contributed by atoms with Gasteiger partial charge in [0.05, 0.1) is 5.69 Å². The fourth-order valence-electron chi connectivity index (χ4n) is 4.39. The average Bonchev–Trinajstić information content (AvgIpc) is 3.32. The van der Waals surface area contributed by atoms with E-state index < -0.39 is 0 Å². The number of amides is 1. The Morgan fingerprint density at radius 3 is 2.53 bits per heavy atom. The van der Waals surface area contributed by atoms with Crippen LogP contribution >= 0.6 is 11.3 Å². The van der Waals surface area contributed by atoms with Gasteiger partial charge in [0, 0.05) is 56.1 Å². The van der Waals surface area contributed by atoms with E-state index in [0.717, 1.165) is 53.6 Å². The molecule has 1 atom stereocenters. The molecule has 4 aromatic rings. The Kier molecular flexibility index (Phi) is 6.53. The van der Waals surface area contributed by atoms with Gasteiger partial charge in [-0.1, -0.05) is 48.0 Å². The number of aromatic nitrogens is 2. The van der Waals surface area contributed by atoms with Gasteiger partial charge in [-0.3, -0.25) is 23.8 Å². The molecule has 34 heavy (non-hydrogen) atoms. The van der Waals surface area contributed by atoms with E-state index in [-0.39, 0.29) is 17.5 Å². The lowest BCUT2D eigenvalue weighted by Gasteiger charge is -2.38. The number of benzene rings is 2. The number of hydrogen-bond acceptors (Lipinski definition) is 6. The molecule has 3 heterocycles. The molecule has 1 fully saturated rings. The third kappa shape index (κ3) is 4.94. The molecule has 1 aliphatic heterocycles. The number of thiazole rings is 1. The van der Waals surface area contributed by atoms with Crippen molar-refractivity contribution in [3.63, 3.8) is 0 Å². The number of nitrogens with one attached hydrogen (secondary N) is 1. The van der Waals surface area contributed by atoms with Gasteiger partial charge >= 0.3 is 0 Å². The number of anilines is 1. The fraction of sp³-hybridized carbons (Fsp3) is 0.269. The topological polar surface area (TPSA) is 70.0 Å². The van der Waals surface area contributed by atoms with Crippen LogP contribution in [0.1, 0.15) is 22.9 Å². The van der Waals surface area contributed by atoms with Crippen LogP contribution in [0, 0.1) is 6.92 Å². The SMILES string of the molecule is Cc1ccc(NC(=O)[C@@H](c2ccccc2)N2CCN(Cc3cc(=O)n4ccsc4n3)CC2)cc1. The van der Waals surface area contributed by atoms with E-state index in [0.29, 0.717) is 6.54 Å². The van der Waals surface area contributed by atoms with Crippen LogP contribution in [0.5, 0.6) is 0 Å². The summed E-state index contributed by atoms with van der Waals surface area (Å²) in [6.45, 7) is 5.76. The van der Waals surface area contributed by atoms with Gasteiger partial charge in [0.2, 0.25) is 5.91 Å². The zero-order valence-electron chi connectivity index (χ0n) is 19.1. The summed E-state index contributed by atoms with van der Waals surface area (Å²) in [5, 5.41) is 4.97. The number of nitrogens with zero attached hydrogens (tertiary/aromatic N) is 4. The highest BCUT2D eigenvalue weighted by Gasteiger charge is 2.30. The maximum Gasteiger partial charge on any atom is 0.258 e. The van der Waals surface area contributed by atoms with Crippen LogP contribution < -0.4 is 10.9 Å². The first kappa shape index (κ1) is 22.5. The minimum absolute atomic E-state index is 0.0265. The molecule has 1 amide bonds. The molecule has 0 bridgehead atoms. The van der Waals surface area contributed by atoms with Crippen molar-refractivity contribution in [3.8, 4) is 0 Å². The molecule has 0 spiro atoms. The summed E-state index contributed by atoms with van der Waals surface area (Å²) < 4.78 is 1.57. The maximum absolute atomic E-state index is 13.4. The molecule has 7 nitrogen and oxygen atoms in total. The van der Waals surface area contributed by atoms with E-state index >= 15 is 0 Å². The number of rotatable bonds is 6. The normalized spacial score (nSPS) is 15.9. The van der Waals surface area contributed by atoms with Crippen LogP contribution in [-0.4, -0.2) is 51.3 Å². The largest absolute Gasteiger partial charge is 0.324 e. The minimum Gasteiger partial charge on any atom is -0.324 e. The summed E-state index contributed by atoms with van der Waals surface area (Å²) >= 11 is 1.46. The molecular formula is C26H27N5O2S. The number of carbonyl (C=O) groups excluding carboxylic acids is 1. The number of aryl methyl sites for hydroxylation is 1. The van der Waals surface area contributed by atoms with E-state index in [1.54, 1.807) is 16.7 Å². The molecule has 8 heteroatoms. The predicted molar refractivity (Wildman–Crippen MR) is 135 cm³/mol. The molecule has 174 valence electrons. The first-order valence-corrected chi connectivity index (χ1v) is 12.3. The Bertz CT molecular complexity index is 1320. The zero-order valence-corrected chi connectivity index (χ0v) is 19.9. The van der Waals surface area contributed by atoms with Crippen molar-refractivity contribution in [2.75, 3.05) is 31.5 Å². The Hall–Kier alpha value is -3.33. The van der Waals surface area contributed by atoms with Gasteiger partial charge in [-0.25, -0.2) is 4.98 Å². The maximum atomic E-state index is 13.4. The van der Waals surface area contributed by atoms with Crippen molar-refractivity contribution in [2.45, 2.75) is 19.5 Å². The van der Waals surface area contributed by atoms with Gasteiger partial charge in [-0.15, -0.1) is 11.3 Å². The molecule has 0 aliphatic carbocycles. The van der Waals surface area contributed by atoms with Crippen molar-refractivity contribution < 1.29 is 4.79 Å². The Labute approximate surface area is 202 Å². The number of piperazine rings is 1. The zero-order chi connectivity index (χ0) is 23.5. The van der Waals surface area contributed by atoms with Crippen LogP contribution in [0.3, 0.4) is 0 Å². The van der Waals surface area contributed by atoms with E-state index in [4.69, 9.17) is 0 Å². The van der Waals surface area contributed by atoms with Crippen molar-refractivity contribution in [1.82, 2.24) is 19.2 Å². The van der Waals surface area contributed by atoms with Crippen molar-refractivity contribution in [2.24, 2.45) is 0 Å². The molecule has 5 rings (SSSR count). The molecule has 1 aliphatic rings. The average molecular weight is 474 g/mol. The first-order valence-electron chi connectivity index (χ1n) is 11.4. The molecule has 0 radical (unpaired) electrons. The quantitative estimate of drug-likeness (QED) is 0.464. The molecule has 0 saturated carbocycles. The predicted octanol–water partition coefficient (Wildman–Crippen LogP) is 3.56. The Morgan fingerprint density at radius 2 is 1.79 bits per heavy atom. The van der Waals surface area contributed by atoms with Gasteiger partial charge in [-0.2, -0.15) is 0 Å². The molecule has 2 aromatic heterocycles. The molecule has 1 saturated heterocycles. The molecule has 2 aromatic carbocycles. The van der Waals surface area contributed by atoms with E-state index in [9.17, 15) is 9.59 Å². The van der Waals surface area contributed by atoms with Gasteiger partial charge in [-0.05, 0) is 24.6 Å². The van der Waals surface area contributed by atoms with Crippen molar-refractivity contribution >= 4 is 27.9 Å². The minimum atomic E-state index is -0.366. The van der Waals surface area contributed by atoms with Crippen molar-refractivity contribution in [1.29, 1.82) is 0 Å². The molecular weight excluding hydrogens is 446 g/mol. The van der Waals surface area contributed by atoms with E-state index in [1.165, 1.54) is 11.3 Å². The van der Waals surface area contributed by atoms with Crippen LogP contribution in [0.4, 0.5) is 5.69 Å². The van der Waals surface area contributed by atoms with Crippen LogP contribution in [0.15, 0.2) is 77.0 Å². The van der Waals surface area contributed by atoms with Gasteiger partial charge in [0.1, 0.15) is 6.04 Å². The summed E-state index contributed by atoms with van der Waals surface area (Å²) in [6, 6.07) is 19.1. The lowest BCUT2D eigenvalue weighted by Crippen LogP contribution is -2.49. The van der Waals surface area contributed by atoms with E-state index in [1.807, 2.05) is 66.9 Å². The first-order chi connectivity index (χ1) is 16.6. The highest BCUT2D eigenvalue weighted by molar-refractivity contribution is 7.15. The number of hydrogen-bond donors (Lipinski definition) is 1. The highest BCUT2D eigenvalue weighted by Crippen LogP contribution is 2.25. The Balaban J connectivity index is 1.28. The number of fused-ring (bicyclic) bond motifs is 1. The lowest BCUT2D eigenvalue weighted by molar-refractivity contribution is -0.122. The van der Waals surface area contributed by atoms with Gasteiger partial charge in [0.15, 0.2) is 4.96 Å². The summed E-state index contributed by atoms with van der Waals surface area (Å²) in [6.07, 6.45) is 1.75. The second kappa shape index (κ2) is 9.89. The third-order valence-corrected chi connectivity index (χ3v) is 6.95. The lowest BCUT2D eigenvalue weighted by atomic mass is 10.0. The summed E-state index contributed by atoms with van der Waals surface area (Å²) in [5.41, 5.74) is 3.69. The van der Waals surface area contributed by atoms with Crippen LogP contribution in [-0.2, 0) is 11.3 Å². The second-order valence-corrected chi connectivity index (χ2v) is 9.49. The summed E-state index contributed by atoms with van der Waals surface area (Å²) in [7, 11) is 0. The monoisotopic (exact) mass is 473 g/mol. The summed E-state index contributed by atoms with van der Waals surface area (Å²) in [5.74, 6) is -0.0265. The van der Waals surface area contributed by atoms with Gasteiger partial charge < -0.3 is 5.32 Å². The molecule has 0 unspecified atom stereocenters. The number of carbonyl (C=O) groups is 1. The highest BCUT2D eigenvalue weighted by atomic mass is 32.1. The smallest absolute Gasteiger partial charge is 0.258 e. The Morgan fingerprint density at radius 1 is 1.06 bits per heavy atom. The van der Waals surface area contributed by atoms with Gasteiger partial charge in [0.25, 0.3) is 5.56 Å². The molecule has 1 N–H and O–H groups in total. The summed E-state index contributed by atoms with van der Waals surface area (Å²) in [4.78, 5) is 35.6.